The highest BCUT2D eigenvalue weighted by Crippen LogP contribution is 2.46. The van der Waals surface area contributed by atoms with E-state index in [1.54, 1.807) is 61.5 Å². The Balaban J connectivity index is 2.27. The van der Waals surface area contributed by atoms with Crippen molar-refractivity contribution in [2.45, 2.75) is 44.7 Å². The molecule has 0 bridgehead atoms. The maximum atomic E-state index is 13.8. The van der Waals surface area contributed by atoms with E-state index in [-0.39, 0.29) is 10.5 Å². The lowest BCUT2D eigenvalue weighted by molar-refractivity contribution is -0.133. The molecule has 154 valence electrons. The van der Waals surface area contributed by atoms with Gasteiger partial charge < -0.3 is 5.11 Å². The Morgan fingerprint density at radius 3 is 2.17 bits per heavy atom. The molecule has 1 unspecified atom stereocenters. The van der Waals surface area contributed by atoms with Crippen molar-refractivity contribution in [1.82, 2.24) is 4.31 Å². The lowest BCUT2D eigenvalue weighted by Gasteiger charge is -2.37. The fourth-order valence-electron chi connectivity index (χ4n) is 3.67. The molecule has 1 aliphatic heterocycles. The molecule has 0 amide bonds. The quantitative estimate of drug-likeness (QED) is 0.750. The van der Waals surface area contributed by atoms with Crippen molar-refractivity contribution in [1.29, 1.82) is 0 Å². The van der Waals surface area contributed by atoms with Crippen molar-refractivity contribution >= 4 is 27.6 Å². The van der Waals surface area contributed by atoms with E-state index in [1.807, 2.05) is 20.8 Å². The Hall–Kier alpha value is -2.15. The molecule has 3 rings (SSSR count). The van der Waals surface area contributed by atoms with E-state index in [2.05, 4.69) is 0 Å². The average molecular weight is 434 g/mol. The van der Waals surface area contributed by atoms with Crippen LogP contribution in [-0.2, 0) is 14.8 Å². The van der Waals surface area contributed by atoms with Crippen LogP contribution in [0, 0.1) is 12.3 Å². The van der Waals surface area contributed by atoms with Gasteiger partial charge in [-0.1, -0.05) is 68.8 Å². The first kappa shape index (κ1) is 21.6. The highest BCUT2D eigenvalue weighted by Gasteiger charge is 2.49. The van der Waals surface area contributed by atoms with E-state index in [4.69, 9.17) is 11.6 Å². The fraction of sp³-hybridized carbons (Fsp3) is 0.318. The number of nitrogens with zero attached hydrogens (tertiary/aromatic N) is 1. The van der Waals surface area contributed by atoms with Crippen molar-refractivity contribution in [2.75, 3.05) is 0 Å². The van der Waals surface area contributed by atoms with Crippen LogP contribution in [0.2, 0.25) is 5.02 Å². The smallest absolute Gasteiger partial charge is 0.333 e. The largest absolute Gasteiger partial charge is 0.478 e. The second-order valence-corrected chi connectivity index (χ2v) is 10.5. The van der Waals surface area contributed by atoms with Crippen LogP contribution < -0.4 is 0 Å². The van der Waals surface area contributed by atoms with Crippen LogP contribution in [0.5, 0.6) is 0 Å². The summed E-state index contributed by atoms with van der Waals surface area (Å²) < 4.78 is 28.9. The van der Waals surface area contributed by atoms with Crippen molar-refractivity contribution in [2.24, 2.45) is 5.41 Å². The van der Waals surface area contributed by atoms with Crippen LogP contribution in [0.25, 0.3) is 0 Å². The first-order chi connectivity index (χ1) is 13.4. The summed E-state index contributed by atoms with van der Waals surface area (Å²) in [5, 5.41) is 10.4. The molecule has 0 fully saturated rings. The number of sulfonamides is 1. The van der Waals surface area contributed by atoms with Gasteiger partial charge in [0.15, 0.2) is 0 Å². The summed E-state index contributed by atoms with van der Waals surface area (Å²) in [5.41, 5.74) is 0.701. The number of aliphatic carboxylic acids is 1. The van der Waals surface area contributed by atoms with E-state index in [9.17, 15) is 18.3 Å². The van der Waals surface area contributed by atoms with E-state index >= 15 is 0 Å². The number of rotatable bonds is 4. The van der Waals surface area contributed by atoms with Gasteiger partial charge in [0, 0.05) is 11.1 Å². The Labute approximate surface area is 176 Å². The predicted octanol–water partition coefficient (Wildman–Crippen LogP) is 4.82. The zero-order chi connectivity index (χ0) is 21.6. The first-order valence-electron chi connectivity index (χ1n) is 9.24. The molecule has 0 spiro atoms. The number of benzene rings is 2. The normalized spacial score (nSPS) is 20.5. The van der Waals surface area contributed by atoms with Crippen LogP contribution in [-0.4, -0.2) is 29.8 Å². The molecule has 29 heavy (non-hydrogen) atoms. The molecule has 5 nitrogen and oxygen atoms in total. The van der Waals surface area contributed by atoms with Crippen LogP contribution in [0.1, 0.15) is 37.9 Å². The monoisotopic (exact) mass is 433 g/mol. The van der Waals surface area contributed by atoms with E-state index in [0.29, 0.717) is 16.1 Å². The zero-order valence-electron chi connectivity index (χ0n) is 16.8. The molecular formula is C22H24ClNO4S. The number of carboxylic acid groups (broad SMARTS) is 1. The lowest BCUT2D eigenvalue weighted by Crippen LogP contribution is -2.45. The molecule has 2 aromatic rings. The lowest BCUT2D eigenvalue weighted by atomic mass is 9.87. The first-order valence-corrected chi connectivity index (χ1v) is 11.1. The number of hydrogen-bond acceptors (Lipinski definition) is 3. The minimum absolute atomic E-state index is 0.0457. The molecule has 0 saturated heterocycles. The van der Waals surface area contributed by atoms with Gasteiger partial charge in [0.25, 0.3) is 0 Å². The van der Waals surface area contributed by atoms with Crippen LogP contribution in [0.4, 0.5) is 0 Å². The number of hydrogen-bond donors (Lipinski definition) is 1. The Bertz CT molecular complexity index is 1070. The maximum absolute atomic E-state index is 13.8. The topological polar surface area (TPSA) is 74.7 Å². The van der Waals surface area contributed by atoms with Gasteiger partial charge >= 0.3 is 5.97 Å². The summed E-state index contributed by atoms with van der Waals surface area (Å²) in [6.45, 7) is 7.44. The molecular weight excluding hydrogens is 410 g/mol. The van der Waals surface area contributed by atoms with Crippen molar-refractivity contribution in [3.8, 4) is 0 Å². The maximum Gasteiger partial charge on any atom is 0.333 e. The SMILES string of the molecule is Cc1ccccc1S(=O)(=O)N1C(C(C)(C)C)C=C(C(=O)O)[C@@H]1c1ccc(Cl)cc1. The van der Waals surface area contributed by atoms with Gasteiger partial charge in [0.2, 0.25) is 10.0 Å². The minimum Gasteiger partial charge on any atom is -0.478 e. The molecule has 0 radical (unpaired) electrons. The molecule has 2 atom stereocenters. The third-order valence-electron chi connectivity index (χ3n) is 5.13. The number of carboxylic acids is 1. The average Bonchev–Trinajstić information content (AvgIpc) is 3.04. The molecule has 7 heteroatoms. The second-order valence-electron chi connectivity index (χ2n) is 8.29. The number of carbonyl (C=O) groups is 1. The van der Waals surface area contributed by atoms with Crippen molar-refractivity contribution in [3.63, 3.8) is 0 Å². The minimum atomic E-state index is -3.99. The van der Waals surface area contributed by atoms with Crippen LogP contribution >= 0.6 is 11.6 Å². The molecule has 0 aliphatic carbocycles. The summed E-state index contributed by atoms with van der Waals surface area (Å²) >= 11 is 6.00. The van der Waals surface area contributed by atoms with E-state index in [1.165, 1.54) is 4.31 Å². The van der Waals surface area contributed by atoms with E-state index in [0.717, 1.165) is 0 Å². The zero-order valence-corrected chi connectivity index (χ0v) is 18.3. The third kappa shape index (κ3) is 3.97. The summed E-state index contributed by atoms with van der Waals surface area (Å²) in [7, 11) is -3.99. The van der Waals surface area contributed by atoms with Gasteiger partial charge in [-0.25, -0.2) is 13.2 Å². The van der Waals surface area contributed by atoms with Gasteiger partial charge in [-0.3, -0.25) is 0 Å². The van der Waals surface area contributed by atoms with Crippen LogP contribution in [0.3, 0.4) is 0 Å². The highest BCUT2D eigenvalue weighted by atomic mass is 35.5. The summed E-state index contributed by atoms with van der Waals surface area (Å²) in [6, 6.07) is 11.8. The number of halogens is 1. The van der Waals surface area contributed by atoms with Gasteiger partial charge in [-0.05, 0) is 41.7 Å². The Morgan fingerprint density at radius 2 is 1.66 bits per heavy atom. The molecule has 1 heterocycles. The second kappa shape index (κ2) is 7.59. The van der Waals surface area contributed by atoms with E-state index < -0.39 is 33.5 Å². The standard InChI is InChI=1S/C22H24ClNO4S/c1-14-7-5-6-8-18(14)29(27,28)24-19(22(2,3)4)13-17(21(25)26)20(24)15-9-11-16(23)12-10-15/h5-13,19-20H,1-4H3,(H,25,26)/t19?,20-/m0/s1. The highest BCUT2D eigenvalue weighted by molar-refractivity contribution is 7.89. The Kier molecular flexibility index (Phi) is 5.64. The fourth-order valence-corrected chi connectivity index (χ4v) is 5.94. The van der Waals surface area contributed by atoms with Gasteiger partial charge in [-0.15, -0.1) is 0 Å². The molecule has 0 aromatic heterocycles. The van der Waals surface area contributed by atoms with Crippen molar-refractivity contribution < 1.29 is 18.3 Å². The summed E-state index contributed by atoms with van der Waals surface area (Å²) in [6.07, 6.45) is 1.57. The molecule has 1 N–H and O–H groups in total. The predicted molar refractivity (Wildman–Crippen MR) is 113 cm³/mol. The molecule has 1 aliphatic rings. The van der Waals surface area contributed by atoms with Crippen LogP contribution in [0.15, 0.2) is 65.1 Å². The van der Waals surface area contributed by atoms with Gasteiger partial charge in [0.05, 0.1) is 16.5 Å². The summed E-state index contributed by atoms with van der Waals surface area (Å²) in [4.78, 5) is 12.3. The van der Waals surface area contributed by atoms with Gasteiger partial charge in [0.1, 0.15) is 0 Å². The van der Waals surface area contributed by atoms with Crippen molar-refractivity contribution in [3.05, 3.63) is 76.3 Å². The molecule has 2 aromatic carbocycles. The van der Waals surface area contributed by atoms with Gasteiger partial charge in [-0.2, -0.15) is 4.31 Å². The third-order valence-corrected chi connectivity index (χ3v) is 7.39. The summed E-state index contributed by atoms with van der Waals surface area (Å²) in [5.74, 6) is -1.14. The Morgan fingerprint density at radius 1 is 1.07 bits per heavy atom. The molecule has 0 saturated carbocycles. The number of aryl methyl sites for hydroxylation is 1.